The third-order valence-corrected chi connectivity index (χ3v) is 3.94. The smallest absolute Gasteiger partial charge is 0.309 e. The summed E-state index contributed by atoms with van der Waals surface area (Å²) in [7, 11) is 0. The molecule has 0 heterocycles. The second kappa shape index (κ2) is 5.74. The molecule has 0 saturated heterocycles. The lowest BCUT2D eigenvalue weighted by Crippen LogP contribution is -2.32. The molecule has 0 aromatic heterocycles. The summed E-state index contributed by atoms with van der Waals surface area (Å²) >= 11 is 11.9. The maximum atomic E-state index is 11.4. The van der Waals surface area contributed by atoms with E-state index >= 15 is 0 Å². The van der Waals surface area contributed by atoms with Crippen LogP contribution in [-0.2, 0) is 11.2 Å². The summed E-state index contributed by atoms with van der Waals surface area (Å²) in [5.41, 5.74) is 0.0967. The van der Waals surface area contributed by atoms with E-state index in [2.05, 4.69) is 0 Å². The first kappa shape index (κ1) is 14.3. The Morgan fingerprint density at radius 2 is 1.88 bits per heavy atom. The van der Waals surface area contributed by atoms with E-state index < -0.39 is 11.4 Å². The molecule has 0 amide bonds. The van der Waals surface area contributed by atoms with Crippen molar-refractivity contribution in [3.63, 3.8) is 0 Å². The summed E-state index contributed by atoms with van der Waals surface area (Å²) in [5.74, 6) is -0.770. The van der Waals surface area contributed by atoms with Crippen LogP contribution in [0.2, 0.25) is 10.0 Å². The average molecular weight is 275 g/mol. The molecule has 0 aliphatic rings. The van der Waals surface area contributed by atoms with Gasteiger partial charge in [-0.05, 0) is 37.0 Å². The molecule has 0 bridgehead atoms. The van der Waals surface area contributed by atoms with Crippen molar-refractivity contribution in [3.8, 4) is 0 Å². The molecular formula is C13H16Cl2O2. The maximum Gasteiger partial charge on any atom is 0.309 e. The van der Waals surface area contributed by atoms with E-state index in [1.165, 1.54) is 0 Å². The molecule has 1 aromatic rings. The normalized spacial score (nSPS) is 11.5. The Bertz CT molecular complexity index is 412. The molecule has 2 nitrogen and oxygen atoms in total. The topological polar surface area (TPSA) is 37.3 Å². The van der Waals surface area contributed by atoms with Crippen LogP contribution in [0.5, 0.6) is 0 Å². The number of aliphatic carboxylic acids is 1. The molecular weight excluding hydrogens is 259 g/mol. The second-order valence-electron chi connectivity index (χ2n) is 4.21. The van der Waals surface area contributed by atoms with Crippen molar-refractivity contribution in [2.45, 2.75) is 33.1 Å². The van der Waals surface area contributed by atoms with Gasteiger partial charge in [0.1, 0.15) is 0 Å². The number of benzene rings is 1. The lowest BCUT2D eigenvalue weighted by Gasteiger charge is -2.27. The van der Waals surface area contributed by atoms with Gasteiger partial charge in [-0.3, -0.25) is 4.79 Å². The fourth-order valence-electron chi connectivity index (χ4n) is 1.91. The van der Waals surface area contributed by atoms with Crippen LogP contribution in [0.4, 0.5) is 0 Å². The van der Waals surface area contributed by atoms with Gasteiger partial charge in [-0.2, -0.15) is 0 Å². The van der Waals surface area contributed by atoms with Crippen molar-refractivity contribution in [1.29, 1.82) is 0 Å². The van der Waals surface area contributed by atoms with Gasteiger partial charge >= 0.3 is 5.97 Å². The largest absolute Gasteiger partial charge is 0.481 e. The summed E-state index contributed by atoms with van der Waals surface area (Å²) in [5, 5.41) is 10.5. The summed E-state index contributed by atoms with van der Waals surface area (Å²) in [6, 6.07) is 5.19. The molecule has 0 radical (unpaired) electrons. The lowest BCUT2D eigenvalue weighted by atomic mass is 9.77. The highest BCUT2D eigenvalue weighted by Crippen LogP contribution is 2.34. The number of hydrogen-bond acceptors (Lipinski definition) is 1. The van der Waals surface area contributed by atoms with E-state index in [1.54, 1.807) is 18.2 Å². The first-order valence-corrected chi connectivity index (χ1v) is 6.38. The van der Waals surface area contributed by atoms with Crippen molar-refractivity contribution < 1.29 is 9.90 Å². The molecule has 0 saturated carbocycles. The van der Waals surface area contributed by atoms with Crippen LogP contribution in [0.15, 0.2) is 18.2 Å². The van der Waals surface area contributed by atoms with Gasteiger partial charge in [-0.25, -0.2) is 0 Å². The van der Waals surface area contributed by atoms with Crippen molar-refractivity contribution in [2.24, 2.45) is 5.41 Å². The van der Waals surface area contributed by atoms with Gasteiger partial charge in [-0.1, -0.05) is 43.1 Å². The van der Waals surface area contributed by atoms with Crippen molar-refractivity contribution >= 4 is 29.2 Å². The summed E-state index contributed by atoms with van der Waals surface area (Å²) in [6.45, 7) is 3.78. The molecule has 0 unspecified atom stereocenters. The Balaban J connectivity index is 3.05. The highest BCUT2D eigenvalue weighted by Gasteiger charge is 2.35. The Labute approximate surface area is 112 Å². The molecule has 17 heavy (non-hydrogen) atoms. The molecule has 0 aliphatic carbocycles. The minimum absolute atomic E-state index is 0.436. The monoisotopic (exact) mass is 274 g/mol. The number of carboxylic acid groups (broad SMARTS) is 1. The van der Waals surface area contributed by atoms with Gasteiger partial charge < -0.3 is 5.11 Å². The van der Waals surface area contributed by atoms with Crippen LogP contribution in [0, 0.1) is 5.41 Å². The highest BCUT2D eigenvalue weighted by molar-refractivity contribution is 6.35. The van der Waals surface area contributed by atoms with E-state index in [9.17, 15) is 9.90 Å². The van der Waals surface area contributed by atoms with E-state index in [4.69, 9.17) is 23.2 Å². The molecule has 0 fully saturated rings. The molecule has 0 spiro atoms. The Kier molecular flexibility index (Phi) is 4.84. The first-order chi connectivity index (χ1) is 7.95. The van der Waals surface area contributed by atoms with E-state index in [0.717, 1.165) is 5.56 Å². The molecule has 1 aromatic carbocycles. The zero-order valence-electron chi connectivity index (χ0n) is 9.96. The fourth-order valence-corrected chi connectivity index (χ4v) is 2.38. The van der Waals surface area contributed by atoms with Crippen LogP contribution < -0.4 is 0 Å². The van der Waals surface area contributed by atoms with Crippen LogP contribution in [0.1, 0.15) is 32.3 Å². The third-order valence-electron chi connectivity index (χ3n) is 3.35. The van der Waals surface area contributed by atoms with Crippen molar-refractivity contribution in [2.75, 3.05) is 0 Å². The minimum Gasteiger partial charge on any atom is -0.481 e. The van der Waals surface area contributed by atoms with E-state index in [-0.39, 0.29) is 0 Å². The number of hydrogen-bond donors (Lipinski definition) is 1. The molecule has 1 rings (SSSR count). The molecule has 94 valence electrons. The van der Waals surface area contributed by atoms with E-state index in [0.29, 0.717) is 29.3 Å². The summed E-state index contributed by atoms with van der Waals surface area (Å²) in [6.07, 6.45) is 1.60. The zero-order valence-corrected chi connectivity index (χ0v) is 11.5. The predicted molar refractivity (Wildman–Crippen MR) is 70.8 cm³/mol. The average Bonchev–Trinajstić information content (AvgIpc) is 2.28. The van der Waals surface area contributed by atoms with Crippen LogP contribution in [0.3, 0.4) is 0 Å². The Hall–Kier alpha value is -0.730. The number of halogens is 2. The number of carbonyl (C=O) groups is 1. The SMILES string of the molecule is CCC(CC)(Cc1ccc(Cl)cc1Cl)C(=O)O. The summed E-state index contributed by atoms with van der Waals surface area (Å²) < 4.78 is 0. The second-order valence-corrected chi connectivity index (χ2v) is 5.05. The van der Waals surface area contributed by atoms with Gasteiger partial charge in [-0.15, -0.1) is 0 Å². The van der Waals surface area contributed by atoms with Gasteiger partial charge in [0.25, 0.3) is 0 Å². The molecule has 0 aliphatic heterocycles. The standard InChI is InChI=1S/C13H16Cl2O2/c1-3-13(4-2,12(16)17)8-9-5-6-10(14)7-11(9)15/h5-7H,3-4,8H2,1-2H3,(H,16,17). The molecule has 4 heteroatoms. The first-order valence-electron chi connectivity index (χ1n) is 5.62. The van der Waals surface area contributed by atoms with Crippen molar-refractivity contribution in [3.05, 3.63) is 33.8 Å². The number of rotatable bonds is 5. The van der Waals surface area contributed by atoms with Gasteiger partial charge in [0.15, 0.2) is 0 Å². The summed E-state index contributed by atoms with van der Waals surface area (Å²) in [4.78, 5) is 11.4. The van der Waals surface area contributed by atoms with Gasteiger partial charge in [0.2, 0.25) is 0 Å². The number of carboxylic acids is 1. The Morgan fingerprint density at radius 1 is 1.29 bits per heavy atom. The maximum absolute atomic E-state index is 11.4. The molecule has 0 atom stereocenters. The van der Waals surface area contributed by atoms with E-state index in [1.807, 2.05) is 13.8 Å². The van der Waals surface area contributed by atoms with Gasteiger partial charge in [0.05, 0.1) is 5.41 Å². The highest BCUT2D eigenvalue weighted by atomic mass is 35.5. The molecule has 1 N–H and O–H groups in total. The zero-order chi connectivity index (χ0) is 13.1. The Morgan fingerprint density at radius 3 is 2.29 bits per heavy atom. The van der Waals surface area contributed by atoms with Crippen LogP contribution in [0.25, 0.3) is 0 Å². The third kappa shape index (κ3) is 3.14. The van der Waals surface area contributed by atoms with Crippen molar-refractivity contribution in [1.82, 2.24) is 0 Å². The predicted octanol–water partition coefficient (Wildman–Crippen LogP) is 4.43. The fraction of sp³-hybridized carbons (Fsp3) is 0.462. The van der Waals surface area contributed by atoms with Crippen LogP contribution in [-0.4, -0.2) is 11.1 Å². The lowest BCUT2D eigenvalue weighted by molar-refractivity contribution is -0.149. The van der Waals surface area contributed by atoms with Gasteiger partial charge in [0, 0.05) is 10.0 Å². The van der Waals surface area contributed by atoms with Crippen LogP contribution >= 0.6 is 23.2 Å². The quantitative estimate of drug-likeness (QED) is 0.863. The minimum atomic E-state index is -0.770.